The lowest BCUT2D eigenvalue weighted by molar-refractivity contribution is 0.0342. The molecular formula is C24H35IN4O2. The van der Waals surface area contributed by atoms with Gasteiger partial charge in [0.1, 0.15) is 5.75 Å². The molecule has 170 valence electrons. The van der Waals surface area contributed by atoms with Crippen molar-refractivity contribution < 1.29 is 9.47 Å². The van der Waals surface area contributed by atoms with E-state index in [1.165, 1.54) is 11.1 Å². The molecule has 0 saturated carbocycles. The maximum absolute atomic E-state index is 5.73. The van der Waals surface area contributed by atoms with E-state index in [9.17, 15) is 0 Å². The number of ether oxygens (including phenoxy) is 2. The molecule has 3 rings (SSSR count). The van der Waals surface area contributed by atoms with Gasteiger partial charge < -0.3 is 20.1 Å². The van der Waals surface area contributed by atoms with Gasteiger partial charge in [-0.25, -0.2) is 4.99 Å². The summed E-state index contributed by atoms with van der Waals surface area (Å²) in [6.07, 6.45) is 0.912. The third-order valence-corrected chi connectivity index (χ3v) is 4.92. The van der Waals surface area contributed by atoms with Crippen LogP contribution in [0.15, 0.2) is 59.6 Å². The van der Waals surface area contributed by atoms with Crippen LogP contribution in [-0.2, 0) is 17.8 Å². The highest BCUT2D eigenvalue weighted by atomic mass is 127. The molecular weight excluding hydrogens is 503 g/mol. The molecule has 0 bridgehead atoms. The van der Waals surface area contributed by atoms with Crippen molar-refractivity contribution >= 4 is 29.9 Å². The van der Waals surface area contributed by atoms with Crippen LogP contribution in [0, 0.1) is 0 Å². The highest BCUT2D eigenvalue weighted by Gasteiger charge is 2.10. The Morgan fingerprint density at radius 1 is 1.00 bits per heavy atom. The lowest BCUT2D eigenvalue weighted by atomic mass is 10.1. The van der Waals surface area contributed by atoms with Crippen molar-refractivity contribution in [1.82, 2.24) is 15.5 Å². The topological polar surface area (TPSA) is 58.1 Å². The summed E-state index contributed by atoms with van der Waals surface area (Å²) in [7, 11) is 0. The van der Waals surface area contributed by atoms with Gasteiger partial charge in [0.25, 0.3) is 0 Å². The molecule has 2 aromatic rings. The Balaban J connectivity index is 0.00000341. The summed E-state index contributed by atoms with van der Waals surface area (Å²) in [5.41, 5.74) is 2.55. The summed E-state index contributed by atoms with van der Waals surface area (Å²) < 4.78 is 11.1. The molecule has 0 amide bonds. The zero-order valence-corrected chi connectivity index (χ0v) is 20.7. The van der Waals surface area contributed by atoms with Gasteiger partial charge in [0.2, 0.25) is 0 Å². The minimum atomic E-state index is 0. The third kappa shape index (κ3) is 9.88. The second kappa shape index (κ2) is 15.0. The van der Waals surface area contributed by atoms with E-state index in [2.05, 4.69) is 46.7 Å². The van der Waals surface area contributed by atoms with E-state index < -0.39 is 0 Å². The molecule has 2 N–H and O–H groups in total. The third-order valence-electron chi connectivity index (χ3n) is 4.92. The van der Waals surface area contributed by atoms with Gasteiger partial charge in [-0.3, -0.25) is 4.90 Å². The first-order valence-corrected chi connectivity index (χ1v) is 10.9. The van der Waals surface area contributed by atoms with Crippen molar-refractivity contribution in [3.63, 3.8) is 0 Å². The molecule has 1 aliphatic heterocycles. The van der Waals surface area contributed by atoms with Crippen molar-refractivity contribution in [3.05, 3.63) is 65.7 Å². The van der Waals surface area contributed by atoms with Crippen molar-refractivity contribution in [2.24, 2.45) is 4.99 Å². The summed E-state index contributed by atoms with van der Waals surface area (Å²) >= 11 is 0. The van der Waals surface area contributed by atoms with E-state index in [1.54, 1.807) is 0 Å². The first-order chi connectivity index (χ1) is 14.8. The zero-order chi connectivity index (χ0) is 20.9. The van der Waals surface area contributed by atoms with Crippen LogP contribution >= 0.6 is 24.0 Å². The zero-order valence-electron chi connectivity index (χ0n) is 18.4. The van der Waals surface area contributed by atoms with Crippen molar-refractivity contribution in [2.45, 2.75) is 26.4 Å². The number of para-hydroxylation sites is 1. The molecule has 0 spiro atoms. The maximum atomic E-state index is 5.73. The smallest absolute Gasteiger partial charge is 0.191 e. The Kier molecular flexibility index (Phi) is 12.3. The monoisotopic (exact) mass is 538 g/mol. The fourth-order valence-corrected chi connectivity index (χ4v) is 3.27. The van der Waals surface area contributed by atoms with E-state index in [-0.39, 0.29) is 24.0 Å². The average molecular weight is 538 g/mol. The Morgan fingerprint density at radius 3 is 2.42 bits per heavy atom. The Morgan fingerprint density at radius 2 is 1.71 bits per heavy atom. The van der Waals surface area contributed by atoms with Crippen LogP contribution in [0.2, 0.25) is 0 Å². The molecule has 0 atom stereocenters. The predicted molar refractivity (Wildman–Crippen MR) is 137 cm³/mol. The van der Waals surface area contributed by atoms with E-state index >= 15 is 0 Å². The molecule has 0 unspecified atom stereocenters. The Bertz CT molecular complexity index is 750. The van der Waals surface area contributed by atoms with E-state index in [1.807, 2.05) is 30.3 Å². The lowest BCUT2D eigenvalue weighted by Gasteiger charge is -2.26. The maximum Gasteiger partial charge on any atom is 0.191 e. The van der Waals surface area contributed by atoms with Gasteiger partial charge in [0.05, 0.1) is 26.4 Å². The van der Waals surface area contributed by atoms with Crippen molar-refractivity contribution in [2.75, 3.05) is 46.0 Å². The molecule has 0 aliphatic carbocycles. The van der Waals surface area contributed by atoms with Crippen LogP contribution in [0.5, 0.6) is 5.75 Å². The summed E-state index contributed by atoms with van der Waals surface area (Å²) in [6, 6.07) is 18.7. The van der Waals surface area contributed by atoms with Crippen LogP contribution in [0.25, 0.3) is 0 Å². The number of halogens is 1. The molecule has 2 aromatic carbocycles. The normalized spacial score (nSPS) is 14.5. The van der Waals surface area contributed by atoms with Gasteiger partial charge in [-0.1, -0.05) is 42.5 Å². The highest BCUT2D eigenvalue weighted by molar-refractivity contribution is 14.0. The van der Waals surface area contributed by atoms with Gasteiger partial charge in [-0.05, 0) is 36.6 Å². The number of nitrogens with one attached hydrogen (secondary N) is 2. The molecule has 1 saturated heterocycles. The van der Waals surface area contributed by atoms with Gasteiger partial charge in [-0.2, -0.15) is 0 Å². The quantitative estimate of drug-likeness (QED) is 0.209. The number of hydrogen-bond acceptors (Lipinski definition) is 4. The fourth-order valence-electron chi connectivity index (χ4n) is 3.27. The second-order valence-electron chi connectivity index (χ2n) is 7.34. The van der Waals surface area contributed by atoms with Crippen LogP contribution < -0.4 is 15.4 Å². The van der Waals surface area contributed by atoms with E-state index in [4.69, 9.17) is 14.5 Å². The van der Waals surface area contributed by atoms with Crippen LogP contribution in [0.4, 0.5) is 0 Å². The largest absolute Gasteiger partial charge is 0.494 e. The molecule has 1 aliphatic rings. The molecule has 0 aromatic heterocycles. The van der Waals surface area contributed by atoms with Crippen LogP contribution in [-0.4, -0.2) is 56.9 Å². The highest BCUT2D eigenvalue weighted by Crippen LogP contribution is 2.10. The van der Waals surface area contributed by atoms with Crippen LogP contribution in [0.1, 0.15) is 24.5 Å². The average Bonchev–Trinajstić information content (AvgIpc) is 2.79. The second-order valence-corrected chi connectivity index (χ2v) is 7.34. The molecule has 7 heteroatoms. The summed E-state index contributed by atoms with van der Waals surface area (Å²) in [5.74, 6) is 1.75. The number of morpholine rings is 1. The SMILES string of the molecule is CCNC(=NCc1ccc(CN2CCOCC2)cc1)NCCCOc1ccccc1.I. The number of hydrogen-bond donors (Lipinski definition) is 2. The van der Waals surface area contributed by atoms with E-state index in [0.29, 0.717) is 13.2 Å². The number of benzene rings is 2. The number of nitrogens with zero attached hydrogens (tertiary/aromatic N) is 2. The lowest BCUT2D eigenvalue weighted by Crippen LogP contribution is -2.38. The summed E-state index contributed by atoms with van der Waals surface area (Å²) in [6.45, 7) is 9.77. The van der Waals surface area contributed by atoms with Crippen LogP contribution in [0.3, 0.4) is 0 Å². The van der Waals surface area contributed by atoms with Gasteiger partial charge in [0, 0.05) is 32.7 Å². The van der Waals surface area contributed by atoms with Gasteiger partial charge in [-0.15, -0.1) is 24.0 Å². The first-order valence-electron chi connectivity index (χ1n) is 10.9. The molecule has 6 nitrogen and oxygen atoms in total. The molecule has 1 fully saturated rings. The Hall–Kier alpha value is -1.84. The number of rotatable bonds is 10. The fraction of sp³-hybridized carbons (Fsp3) is 0.458. The Labute approximate surface area is 203 Å². The molecule has 1 heterocycles. The van der Waals surface area contributed by atoms with Gasteiger partial charge in [0.15, 0.2) is 5.96 Å². The molecule has 0 radical (unpaired) electrons. The van der Waals surface area contributed by atoms with Crippen molar-refractivity contribution in [1.29, 1.82) is 0 Å². The summed E-state index contributed by atoms with van der Waals surface area (Å²) in [4.78, 5) is 7.15. The number of aliphatic imine (C=N–C) groups is 1. The van der Waals surface area contributed by atoms with Gasteiger partial charge >= 0.3 is 0 Å². The standard InChI is InChI=1S/C24H34N4O2.HI/c1-2-25-24(26-13-6-16-30-23-7-4-3-5-8-23)27-19-21-9-11-22(12-10-21)20-28-14-17-29-18-15-28;/h3-5,7-12H,2,6,13-20H2,1H3,(H2,25,26,27);1H. The molecule has 31 heavy (non-hydrogen) atoms. The minimum absolute atomic E-state index is 0. The number of guanidine groups is 1. The minimum Gasteiger partial charge on any atom is -0.494 e. The predicted octanol–water partition coefficient (Wildman–Crippen LogP) is 3.66. The van der Waals surface area contributed by atoms with E-state index in [0.717, 1.165) is 64.1 Å². The first kappa shape index (κ1) is 25.4. The summed E-state index contributed by atoms with van der Waals surface area (Å²) in [5, 5.41) is 6.69. The van der Waals surface area contributed by atoms with Crippen molar-refractivity contribution in [3.8, 4) is 5.75 Å².